The number of rotatable bonds is 18. The third-order valence-electron chi connectivity index (χ3n) is 11.8. The molecule has 0 aliphatic carbocycles. The zero-order chi connectivity index (χ0) is 48.5. The van der Waals surface area contributed by atoms with Crippen molar-refractivity contribution in [2.75, 3.05) is 40.1 Å². The van der Waals surface area contributed by atoms with Crippen molar-refractivity contribution in [2.24, 2.45) is 0 Å². The molecule has 18 N–H and O–H groups in total. The number of carbonyl (C=O) groups is 2. The molecule has 30 nitrogen and oxygen atoms in total. The Kier molecular flexibility index (Phi) is 18.3. The summed E-state index contributed by atoms with van der Waals surface area (Å²) in [6.45, 7) is -5.08. The molecule has 25 atom stereocenters. The fourth-order valence-corrected chi connectivity index (χ4v) is 8.03. The summed E-state index contributed by atoms with van der Waals surface area (Å²) in [4.78, 5) is 25.5. The molecule has 0 amide bonds. The van der Waals surface area contributed by atoms with Crippen molar-refractivity contribution < 1.29 is 149 Å². The number of ether oxygens (including phenoxy) is 10. The number of aliphatic hydroxyl groups excluding tert-OH is 16. The molecule has 0 bridgehead atoms. The molecule has 0 spiro atoms. The summed E-state index contributed by atoms with van der Waals surface area (Å²) in [6, 6.07) is 0. The van der Waals surface area contributed by atoms with Gasteiger partial charge in [-0.25, -0.2) is 9.59 Å². The van der Waals surface area contributed by atoms with E-state index in [0.29, 0.717) is 0 Å². The average molecular weight is 959 g/mol. The van der Waals surface area contributed by atoms with E-state index in [2.05, 4.69) is 0 Å². The highest BCUT2D eigenvalue weighted by atomic mass is 16.8. The van der Waals surface area contributed by atoms with Crippen LogP contribution in [-0.2, 0) is 57.0 Å². The van der Waals surface area contributed by atoms with Crippen molar-refractivity contribution >= 4 is 11.9 Å². The predicted molar refractivity (Wildman–Crippen MR) is 194 cm³/mol. The van der Waals surface area contributed by atoms with Crippen LogP contribution in [0.1, 0.15) is 12.8 Å². The van der Waals surface area contributed by atoms with Gasteiger partial charge in [-0.05, 0) is 0 Å². The maximum Gasteiger partial charge on any atom is 0.364 e. The van der Waals surface area contributed by atoms with Crippen LogP contribution >= 0.6 is 0 Å². The summed E-state index contributed by atoms with van der Waals surface area (Å²) in [5.41, 5.74) is 0. The smallest absolute Gasteiger partial charge is 0.364 e. The van der Waals surface area contributed by atoms with E-state index >= 15 is 0 Å². The quantitative estimate of drug-likeness (QED) is 0.0606. The number of methoxy groups -OCH3 is 1. The van der Waals surface area contributed by atoms with E-state index in [-0.39, 0.29) is 0 Å². The van der Waals surface area contributed by atoms with Crippen molar-refractivity contribution in [3.05, 3.63) is 0 Å². The highest BCUT2D eigenvalue weighted by molar-refractivity contribution is 5.77. The van der Waals surface area contributed by atoms with E-state index in [1.165, 1.54) is 0 Å². The number of carboxylic acids is 2. The Labute approximate surface area is 366 Å². The lowest BCUT2D eigenvalue weighted by Crippen LogP contribution is -2.69. The Bertz CT molecular complexity index is 1540. The topological polar surface area (TPSA) is 491 Å². The molecule has 0 saturated carbocycles. The van der Waals surface area contributed by atoms with Crippen molar-refractivity contribution in [2.45, 2.75) is 165 Å². The fourth-order valence-electron chi connectivity index (χ4n) is 8.03. The number of hydrogen-bond acceptors (Lipinski definition) is 28. The van der Waals surface area contributed by atoms with E-state index in [4.69, 9.17) is 47.4 Å². The summed E-state index contributed by atoms with van der Waals surface area (Å²) in [7, 11) is 0.824. The standard InChI is InChI=1S/C35H58O30/c1-56-34(32(52)53)3-12(63-35(33(54)55)2-9(40)16(43)25(64-35)10(41)4-36)28(26(65-34)11(42)5-37)62-31-24(51)21(48)27(14(7-39)59-31)61-30-23(50)20(47)18(45)15(60-30)8-57-29-22(49)19(46)17(44)13(6-38)58-29/h9-31,36-51H,2-8H2,1H3,(H,52,53)(H,54,55)/t9-,10-,11-,12-,13-,14-,15-,16-,17-,18-,19+,20+,21-,22-,23-,24-,25-,26-,27-,28-,29+,30+,31-,34-,35-/m1/s1. The lowest BCUT2D eigenvalue weighted by molar-refractivity contribution is -0.400. The Morgan fingerprint density at radius 1 is 0.569 bits per heavy atom. The first-order chi connectivity index (χ1) is 30.5. The molecular weight excluding hydrogens is 900 g/mol. The second-order valence-electron chi connectivity index (χ2n) is 16.1. The molecule has 5 heterocycles. The molecule has 0 aromatic rings. The Balaban J connectivity index is 1.40. The molecule has 5 fully saturated rings. The minimum absolute atomic E-state index is 0.796. The molecule has 30 heteroatoms. The zero-order valence-electron chi connectivity index (χ0n) is 34.2. The van der Waals surface area contributed by atoms with Crippen LogP contribution in [-0.4, -0.2) is 297 Å². The minimum Gasteiger partial charge on any atom is -0.477 e. The van der Waals surface area contributed by atoms with Crippen LogP contribution in [0.3, 0.4) is 0 Å². The van der Waals surface area contributed by atoms with Gasteiger partial charge >= 0.3 is 11.9 Å². The lowest BCUT2D eigenvalue weighted by Gasteiger charge is -2.52. The first kappa shape index (κ1) is 53.8. The van der Waals surface area contributed by atoms with Crippen LogP contribution in [0, 0.1) is 0 Å². The molecule has 0 unspecified atom stereocenters. The second-order valence-corrected chi connectivity index (χ2v) is 16.1. The SMILES string of the molecule is CO[C@]1(C(=O)O)C[C@@H](O[C@]2(C(=O)O)C[C@@H](O)[C@@H](O)[C@@H]([C@H](O)CO)O2)[C@@H](O[C@H]2O[C@H](CO)[C@@H](O[C@@H]3O[C@H](CO[C@H]4O[C@H](CO)[C@@H](O)[C@H](O)[C@H]4O)[C@@H](O)[C@H](O)[C@H]3O)[C@H](O)[C@H]2O)[C@@H]([C@H](O)CO)O1. The van der Waals surface area contributed by atoms with Gasteiger partial charge in [0.05, 0.1) is 45.2 Å². The molecule has 0 aromatic carbocycles. The predicted octanol–water partition coefficient (Wildman–Crippen LogP) is -11.6. The van der Waals surface area contributed by atoms with Crippen LogP contribution in [0.4, 0.5) is 0 Å². The van der Waals surface area contributed by atoms with Gasteiger partial charge < -0.3 is 139 Å². The van der Waals surface area contributed by atoms with Gasteiger partial charge in [0.25, 0.3) is 11.6 Å². The van der Waals surface area contributed by atoms with Crippen LogP contribution in [0.2, 0.25) is 0 Å². The summed E-state index contributed by atoms with van der Waals surface area (Å²) in [6.07, 6.45) is -48.1. The second kappa shape index (κ2) is 22.1. The van der Waals surface area contributed by atoms with Gasteiger partial charge in [0.1, 0.15) is 110 Å². The van der Waals surface area contributed by atoms with Crippen LogP contribution < -0.4 is 0 Å². The largest absolute Gasteiger partial charge is 0.477 e. The summed E-state index contributed by atoms with van der Waals surface area (Å²) in [5, 5.41) is 188. The maximum atomic E-state index is 12.9. The molecule has 5 aliphatic heterocycles. The molecular formula is C35H58O30. The Morgan fingerprint density at radius 2 is 1.05 bits per heavy atom. The number of aliphatic carboxylic acids is 2. The summed E-state index contributed by atoms with van der Waals surface area (Å²) in [5.74, 6) is -9.96. The van der Waals surface area contributed by atoms with Crippen molar-refractivity contribution in [1.82, 2.24) is 0 Å². The molecule has 378 valence electrons. The average Bonchev–Trinajstić information content (AvgIpc) is 3.28. The van der Waals surface area contributed by atoms with Crippen molar-refractivity contribution in [3.63, 3.8) is 0 Å². The normalized spacial score (nSPS) is 48.4. The van der Waals surface area contributed by atoms with Gasteiger partial charge in [0, 0.05) is 20.0 Å². The number of aliphatic hydroxyl groups is 16. The van der Waals surface area contributed by atoms with Gasteiger partial charge in [0.15, 0.2) is 18.9 Å². The van der Waals surface area contributed by atoms with Gasteiger partial charge in [0.2, 0.25) is 0 Å². The molecule has 65 heavy (non-hydrogen) atoms. The van der Waals surface area contributed by atoms with Gasteiger partial charge in [-0.15, -0.1) is 0 Å². The van der Waals surface area contributed by atoms with Crippen molar-refractivity contribution in [3.8, 4) is 0 Å². The van der Waals surface area contributed by atoms with E-state index in [1.54, 1.807) is 0 Å². The molecule has 0 aromatic heterocycles. The van der Waals surface area contributed by atoms with Crippen LogP contribution in [0.15, 0.2) is 0 Å². The minimum atomic E-state index is -3.15. The maximum absolute atomic E-state index is 12.9. The lowest BCUT2D eigenvalue weighted by atomic mass is 9.89. The molecule has 5 rings (SSSR count). The van der Waals surface area contributed by atoms with Gasteiger partial charge in [-0.3, -0.25) is 0 Å². The summed E-state index contributed by atoms with van der Waals surface area (Å²) >= 11 is 0. The van der Waals surface area contributed by atoms with E-state index < -0.39 is 210 Å². The third kappa shape index (κ3) is 10.9. The van der Waals surface area contributed by atoms with E-state index in [9.17, 15) is 102 Å². The number of hydrogen-bond donors (Lipinski definition) is 18. The van der Waals surface area contributed by atoms with Crippen LogP contribution in [0.5, 0.6) is 0 Å². The van der Waals surface area contributed by atoms with Gasteiger partial charge in [-0.1, -0.05) is 0 Å². The first-order valence-corrected chi connectivity index (χ1v) is 20.1. The molecule has 5 aliphatic rings. The van der Waals surface area contributed by atoms with Crippen LogP contribution in [0.25, 0.3) is 0 Å². The molecule has 5 saturated heterocycles. The monoisotopic (exact) mass is 958 g/mol. The zero-order valence-corrected chi connectivity index (χ0v) is 34.2. The fraction of sp³-hybridized carbons (Fsp3) is 0.943. The third-order valence-corrected chi connectivity index (χ3v) is 11.8. The number of carboxylic acid groups (broad SMARTS) is 2. The first-order valence-electron chi connectivity index (χ1n) is 20.1. The Morgan fingerprint density at radius 3 is 1.58 bits per heavy atom. The Hall–Kier alpha value is -2.10. The highest BCUT2D eigenvalue weighted by Gasteiger charge is 2.62. The van der Waals surface area contributed by atoms with Gasteiger partial charge in [-0.2, -0.15) is 0 Å². The van der Waals surface area contributed by atoms with E-state index in [0.717, 1.165) is 7.11 Å². The van der Waals surface area contributed by atoms with Crippen molar-refractivity contribution in [1.29, 1.82) is 0 Å². The summed E-state index contributed by atoms with van der Waals surface area (Å²) < 4.78 is 55.3. The van der Waals surface area contributed by atoms with E-state index in [1.807, 2.05) is 0 Å². The molecule has 0 radical (unpaired) electrons. The highest BCUT2D eigenvalue weighted by Crippen LogP contribution is 2.42.